The minimum absolute atomic E-state index is 0.161. The molecule has 0 aromatic rings. The SMILES string of the molecule is COC1(CN2CC(C(C)(C)C)NCC2C)CCC1. The lowest BCUT2D eigenvalue weighted by atomic mass is 9.78. The number of piperazine rings is 1. The van der Waals surface area contributed by atoms with Crippen LogP contribution in [0, 0.1) is 5.41 Å². The van der Waals surface area contributed by atoms with E-state index in [1.807, 2.05) is 7.11 Å². The van der Waals surface area contributed by atoms with Crippen molar-refractivity contribution < 1.29 is 4.74 Å². The number of hydrogen-bond donors (Lipinski definition) is 1. The van der Waals surface area contributed by atoms with Gasteiger partial charge in [-0.1, -0.05) is 20.8 Å². The first-order chi connectivity index (χ1) is 8.36. The molecule has 2 fully saturated rings. The normalized spacial score (nSPS) is 33.2. The lowest BCUT2D eigenvalue weighted by Gasteiger charge is -2.50. The molecule has 3 nitrogen and oxygen atoms in total. The zero-order valence-electron chi connectivity index (χ0n) is 12.8. The highest BCUT2D eigenvalue weighted by Gasteiger charge is 2.41. The maximum absolute atomic E-state index is 5.78. The quantitative estimate of drug-likeness (QED) is 0.836. The summed E-state index contributed by atoms with van der Waals surface area (Å²) in [5.41, 5.74) is 0.492. The first-order valence-corrected chi connectivity index (χ1v) is 7.39. The van der Waals surface area contributed by atoms with E-state index in [0.29, 0.717) is 17.5 Å². The van der Waals surface area contributed by atoms with E-state index in [0.717, 1.165) is 19.6 Å². The number of ether oxygens (including phenoxy) is 1. The van der Waals surface area contributed by atoms with E-state index < -0.39 is 0 Å². The van der Waals surface area contributed by atoms with Gasteiger partial charge in [-0.25, -0.2) is 0 Å². The first-order valence-electron chi connectivity index (χ1n) is 7.39. The van der Waals surface area contributed by atoms with E-state index in [9.17, 15) is 0 Å². The standard InChI is InChI=1S/C15H30N2O/c1-12-9-16-13(14(2,3)4)10-17(12)11-15(18-5)7-6-8-15/h12-13,16H,6-11H2,1-5H3. The minimum atomic E-state index is 0.161. The zero-order chi connectivity index (χ0) is 13.4. The van der Waals surface area contributed by atoms with E-state index in [-0.39, 0.29) is 5.60 Å². The molecule has 0 aromatic heterocycles. The second kappa shape index (κ2) is 5.10. The van der Waals surface area contributed by atoms with Crippen LogP contribution in [0.4, 0.5) is 0 Å². The molecule has 1 aliphatic heterocycles. The van der Waals surface area contributed by atoms with Crippen molar-refractivity contribution in [2.24, 2.45) is 5.41 Å². The van der Waals surface area contributed by atoms with Gasteiger partial charge in [0.05, 0.1) is 5.60 Å². The van der Waals surface area contributed by atoms with Gasteiger partial charge in [0, 0.05) is 38.8 Å². The average molecular weight is 254 g/mol. The molecule has 1 saturated carbocycles. The summed E-state index contributed by atoms with van der Waals surface area (Å²) in [6.45, 7) is 12.7. The van der Waals surface area contributed by atoms with E-state index >= 15 is 0 Å². The topological polar surface area (TPSA) is 24.5 Å². The van der Waals surface area contributed by atoms with Crippen LogP contribution in [0.15, 0.2) is 0 Å². The molecule has 2 aliphatic rings. The summed E-state index contributed by atoms with van der Waals surface area (Å²) in [5, 5.41) is 3.70. The van der Waals surface area contributed by atoms with Crippen LogP contribution in [0.3, 0.4) is 0 Å². The summed E-state index contributed by atoms with van der Waals surface area (Å²) in [5.74, 6) is 0. The molecule has 0 amide bonds. The van der Waals surface area contributed by atoms with Crippen LogP contribution in [-0.4, -0.2) is 49.3 Å². The van der Waals surface area contributed by atoms with Crippen molar-refractivity contribution in [2.75, 3.05) is 26.7 Å². The summed E-state index contributed by atoms with van der Waals surface area (Å²) in [6.07, 6.45) is 3.80. The van der Waals surface area contributed by atoms with Crippen molar-refractivity contribution >= 4 is 0 Å². The van der Waals surface area contributed by atoms with Gasteiger partial charge in [0.25, 0.3) is 0 Å². The van der Waals surface area contributed by atoms with Crippen LogP contribution < -0.4 is 5.32 Å². The van der Waals surface area contributed by atoms with E-state index in [1.165, 1.54) is 19.3 Å². The molecule has 1 saturated heterocycles. The Morgan fingerprint density at radius 1 is 1.33 bits per heavy atom. The largest absolute Gasteiger partial charge is 0.377 e. The fourth-order valence-corrected chi connectivity index (χ4v) is 3.09. The predicted molar refractivity (Wildman–Crippen MR) is 75.9 cm³/mol. The lowest BCUT2D eigenvalue weighted by Crippen LogP contribution is -2.63. The molecule has 0 bridgehead atoms. The molecule has 1 aliphatic carbocycles. The highest BCUT2D eigenvalue weighted by molar-refractivity contribution is 4.97. The van der Waals surface area contributed by atoms with Crippen molar-refractivity contribution in [3.05, 3.63) is 0 Å². The smallest absolute Gasteiger partial charge is 0.0805 e. The maximum atomic E-state index is 5.78. The monoisotopic (exact) mass is 254 g/mol. The zero-order valence-corrected chi connectivity index (χ0v) is 12.8. The molecule has 0 spiro atoms. The van der Waals surface area contributed by atoms with Crippen LogP contribution >= 0.6 is 0 Å². The van der Waals surface area contributed by atoms with Crippen LogP contribution in [0.25, 0.3) is 0 Å². The Morgan fingerprint density at radius 2 is 2.00 bits per heavy atom. The summed E-state index contributed by atoms with van der Waals surface area (Å²) in [6, 6.07) is 1.21. The van der Waals surface area contributed by atoms with Crippen molar-refractivity contribution in [3.63, 3.8) is 0 Å². The third-order valence-electron chi connectivity index (χ3n) is 4.93. The third-order valence-corrected chi connectivity index (χ3v) is 4.93. The second-order valence-electron chi connectivity index (χ2n) is 7.35. The Balaban J connectivity index is 1.97. The number of methoxy groups -OCH3 is 1. The highest BCUT2D eigenvalue weighted by atomic mass is 16.5. The van der Waals surface area contributed by atoms with Gasteiger partial charge in [0.2, 0.25) is 0 Å². The third kappa shape index (κ3) is 2.89. The molecule has 0 aromatic carbocycles. The van der Waals surface area contributed by atoms with Gasteiger partial charge < -0.3 is 10.1 Å². The molecule has 2 rings (SSSR count). The second-order valence-corrected chi connectivity index (χ2v) is 7.35. The van der Waals surface area contributed by atoms with Crippen molar-refractivity contribution in [1.82, 2.24) is 10.2 Å². The first kappa shape index (κ1) is 14.3. The van der Waals surface area contributed by atoms with Crippen LogP contribution in [0.2, 0.25) is 0 Å². The van der Waals surface area contributed by atoms with Crippen LogP contribution in [0.1, 0.15) is 47.0 Å². The molecular weight excluding hydrogens is 224 g/mol. The number of nitrogens with one attached hydrogen (secondary N) is 1. The van der Waals surface area contributed by atoms with Crippen molar-refractivity contribution in [1.29, 1.82) is 0 Å². The molecule has 106 valence electrons. The molecule has 1 N–H and O–H groups in total. The summed E-state index contributed by atoms with van der Waals surface area (Å²) >= 11 is 0. The molecule has 1 heterocycles. The predicted octanol–water partition coefficient (Wildman–Crippen LogP) is 2.26. The van der Waals surface area contributed by atoms with E-state index in [4.69, 9.17) is 4.74 Å². The summed E-state index contributed by atoms with van der Waals surface area (Å²) in [7, 11) is 1.88. The van der Waals surface area contributed by atoms with E-state index in [2.05, 4.69) is 37.9 Å². The molecule has 3 heteroatoms. The molecule has 2 atom stereocenters. The number of hydrogen-bond acceptors (Lipinski definition) is 3. The molecule has 0 radical (unpaired) electrons. The Morgan fingerprint density at radius 3 is 2.44 bits per heavy atom. The lowest BCUT2D eigenvalue weighted by molar-refractivity contribution is -0.103. The Kier molecular flexibility index (Phi) is 4.05. The Hall–Kier alpha value is -0.120. The van der Waals surface area contributed by atoms with Crippen molar-refractivity contribution in [3.8, 4) is 0 Å². The molecule has 2 unspecified atom stereocenters. The van der Waals surface area contributed by atoms with Gasteiger partial charge in [-0.15, -0.1) is 0 Å². The number of nitrogens with zero attached hydrogens (tertiary/aromatic N) is 1. The number of rotatable bonds is 3. The van der Waals surface area contributed by atoms with Gasteiger partial charge in [-0.2, -0.15) is 0 Å². The molecule has 18 heavy (non-hydrogen) atoms. The minimum Gasteiger partial charge on any atom is -0.377 e. The van der Waals surface area contributed by atoms with Gasteiger partial charge >= 0.3 is 0 Å². The molecular formula is C15H30N2O. The van der Waals surface area contributed by atoms with Gasteiger partial charge in [-0.3, -0.25) is 4.90 Å². The Labute approximate surface area is 112 Å². The van der Waals surface area contributed by atoms with Crippen LogP contribution in [-0.2, 0) is 4.74 Å². The fraction of sp³-hybridized carbons (Fsp3) is 1.00. The fourth-order valence-electron chi connectivity index (χ4n) is 3.09. The highest BCUT2D eigenvalue weighted by Crippen LogP contribution is 2.37. The van der Waals surface area contributed by atoms with Crippen molar-refractivity contribution in [2.45, 2.75) is 64.6 Å². The van der Waals surface area contributed by atoms with E-state index in [1.54, 1.807) is 0 Å². The Bertz CT molecular complexity index is 275. The summed E-state index contributed by atoms with van der Waals surface area (Å²) in [4.78, 5) is 2.63. The van der Waals surface area contributed by atoms with Gasteiger partial charge in [0.1, 0.15) is 0 Å². The average Bonchev–Trinajstić information content (AvgIpc) is 2.24. The maximum Gasteiger partial charge on any atom is 0.0805 e. The summed E-state index contributed by atoms with van der Waals surface area (Å²) < 4.78 is 5.78. The van der Waals surface area contributed by atoms with Gasteiger partial charge in [0.15, 0.2) is 0 Å². The van der Waals surface area contributed by atoms with Gasteiger partial charge in [-0.05, 0) is 31.6 Å². The van der Waals surface area contributed by atoms with Crippen LogP contribution in [0.5, 0.6) is 0 Å².